The lowest BCUT2D eigenvalue weighted by Gasteiger charge is -2.26. The summed E-state index contributed by atoms with van der Waals surface area (Å²) >= 11 is 0. The van der Waals surface area contributed by atoms with Gasteiger partial charge in [0.15, 0.2) is 5.78 Å². The van der Waals surface area contributed by atoms with Gasteiger partial charge in [0.1, 0.15) is 18.7 Å². The molecule has 1 aliphatic carbocycles. The van der Waals surface area contributed by atoms with E-state index >= 15 is 0 Å². The fourth-order valence-corrected chi connectivity index (χ4v) is 3.22. The lowest BCUT2D eigenvalue weighted by atomic mass is 9.88. The second-order valence-corrected chi connectivity index (χ2v) is 7.07. The fourth-order valence-electron chi connectivity index (χ4n) is 3.22. The molecule has 2 rings (SSSR count). The molecule has 0 bridgehead atoms. The highest BCUT2D eigenvalue weighted by molar-refractivity contribution is 5.94. The molecule has 1 saturated heterocycles. The maximum atomic E-state index is 12.5. The molecule has 2 amide bonds. The predicted molar refractivity (Wildman–Crippen MR) is 85.7 cm³/mol. The Morgan fingerprint density at radius 2 is 1.91 bits per heavy atom. The quantitative estimate of drug-likeness (QED) is 0.768. The first-order valence-electron chi connectivity index (χ1n) is 8.68. The van der Waals surface area contributed by atoms with E-state index in [9.17, 15) is 14.4 Å². The van der Waals surface area contributed by atoms with E-state index in [-0.39, 0.29) is 42.6 Å². The highest BCUT2D eigenvalue weighted by Gasteiger charge is 2.32. The second-order valence-electron chi connectivity index (χ2n) is 7.07. The van der Waals surface area contributed by atoms with Crippen molar-refractivity contribution in [1.82, 2.24) is 10.6 Å². The number of nitrogens with one attached hydrogen (secondary N) is 2. The summed E-state index contributed by atoms with van der Waals surface area (Å²) in [7, 11) is 0. The summed E-state index contributed by atoms with van der Waals surface area (Å²) in [6, 6.07) is -1.17. The van der Waals surface area contributed by atoms with Crippen LogP contribution in [0.25, 0.3) is 0 Å². The van der Waals surface area contributed by atoms with E-state index < -0.39 is 12.1 Å². The van der Waals surface area contributed by atoms with Crippen LogP contribution in [0.3, 0.4) is 0 Å². The minimum Gasteiger partial charge on any atom is -0.371 e. The number of hydrogen-bond donors (Lipinski definition) is 2. The van der Waals surface area contributed by atoms with Gasteiger partial charge in [-0.05, 0) is 25.2 Å². The van der Waals surface area contributed by atoms with E-state index in [0.717, 1.165) is 25.7 Å². The van der Waals surface area contributed by atoms with Crippen LogP contribution in [-0.4, -0.2) is 42.9 Å². The first-order valence-corrected chi connectivity index (χ1v) is 8.68. The Bertz CT molecular complexity index is 444. The van der Waals surface area contributed by atoms with Gasteiger partial charge in [0.05, 0.1) is 6.61 Å². The molecular formula is C17H28N2O4. The van der Waals surface area contributed by atoms with Crippen LogP contribution in [0.5, 0.6) is 0 Å². The monoisotopic (exact) mass is 324 g/mol. The molecule has 0 spiro atoms. The Balaban J connectivity index is 1.93. The molecule has 1 aliphatic heterocycles. The van der Waals surface area contributed by atoms with Gasteiger partial charge in [0, 0.05) is 5.92 Å². The van der Waals surface area contributed by atoms with Gasteiger partial charge in [-0.2, -0.15) is 0 Å². The lowest BCUT2D eigenvalue weighted by Crippen LogP contribution is -2.53. The first kappa shape index (κ1) is 17.9. The van der Waals surface area contributed by atoms with Crippen molar-refractivity contribution in [3.63, 3.8) is 0 Å². The molecule has 23 heavy (non-hydrogen) atoms. The van der Waals surface area contributed by atoms with E-state index in [0.29, 0.717) is 6.42 Å². The van der Waals surface area contributed by atoms with Crippen molar-refractivity contribution < 1.29 is 19.1 Å². The Labute approximate surface area is 137 Å². The minimum absolute atomic E-state index is 0.0164. The Kier molecular flexibility index (Phi) is 6.57. The largest absolute Gasteiger partial charge is 0.371 e. The zero-order chi connectivity index (χ0) is 16.8. The van der Waals surface area contributed by atoms with E-state index in [1.54, 1.807) is 0 Å². The SMILES string of the molecule is CC(C)C[C@H](NC(=O)C1CCCCC1)C(=O)NC1COCC1=O. The summed E-state index contributed by atoms with van der Waals surface area (Å²) in [6.45, 7) is 4.29. The molecule has 1 unspecified atom stereocenters. The van der Waals surface area contributed by atoms with E-state index in [2.05, 4.69) is 10.6 Å². The molecule has 2 aliphatic rings. The number of carbonyl (C=O) groups is 3. The lowest BCUT2D eigenvalue weighted by molar-refractivity contribution is -0.133. The molecule has 130 valence electrons. The Morgan fingerprint density at radius 3 is 2.48 bits per heavy atom. The third kappa shape index (κ3) is 5.30. The molecule has 1 heterocycles. The Morgan fingerprint density at radius 1 is 1.22 bits per heavy atom. The number of hydrogen-bond acceptors (Lipinski definition) is 4. The average molecular weight is 324 g/mol. The highest BCUT2D eigenvalue weighted by atomic mass is 16.5. The zero-order valence-electron chi connectivity index (χ0n) is 14.1. The molecule has 0 aromatic rings. The number of rotatable bonds is 6. The van der Waals surface area contributed by atoms with Crippen LogP contribution in [-0.2, 0) is 19.1 Å². The maximum absolute atomic E-state index is 12.5. The molecule has 2 fully saturated rings. The van der Waals surface area contributed by atoms with Crippen molar-refractivity contribution in [2.45, 2.75) is 64.5 Å². The molecular weight excluding hydrogens is 296 g/mol. The Hall–Kier alpha value is -1.43. The van der Waals surface area contributed by atoms with Crippen molar-refractivity contribution in [3.8, 4) is 0 Å². The molecule has 6 heteroatoms. The summed E-state index contributed by atoms with van der Waals surface area (Å²) in [6.07, 6.45) is 5.70. The molecule has 1 saturated carbocycles. The van der Waals surface area contributed by atoms with Crippen LogP contribution in [0.1, 0.15) is 52.4 Å². The van der Waals surface area contributed by atoms with Crippen molar-refractivity contribution in [2.75, 3.05) is 13.2 Å². The van der Waals surface area contributed by atoms with E-state index in [1.807, 2.05) is 13.8 Å². The summed E-state index contributed by atoms with van der Waals surface area (Å²) in [5.41, 5.74) is 0. The van der Waals surface area contributed by atoms with Crippen molar-refractivity contribution >= 4 is 17.6 Å². The van der Waals surface area contributed by atoms with Crippen LogP contribution in [0.2, 0.25) is 0 Å². The van der Waals surface area contributed by atoms with Gasteiger partial charge >= 0.3 is 0 Å². The van der Waals surface area contributed by atoms with Crippen LogP contribution in [0.15, 0.2) is 0 Å². The van der Waals surface area contributed by atoms with Crippen LogP contribution >= 0.6 is 0 Å². The maximum Gasteiger partial charge on any atom is 0.243 e. The number of Topliss-reactive ketones (excluding diaryl/α,β-unsaturated/α-hetero) is 1. The molecule has 2 atom stereocenters. The topological polar surface area (TPSA) is 84.5 Å². The molecule has 0 aromatic carbocycles. The number of ether oxygens (including phenoxy) is 1. The van der Waals surface area contributed by atoms with Gasteiger partial charge in [-0.15, -0.1) is 0 Å². The molecule has 6 nitrogen and oxygen atoms in total. The van der Waals surface area contributed by atoms with Gasteiger partial charge < -0.3 is 15.4 Å². The normalized spacial score (nSPS) is 23.8. The fraction of sp³-hybridized carbons (Fsp3) is 0.824. The molecule has 2 N–H and O–H groups in total. The van der Waals surface area contributed by atoms with Gasteiger partial charge in [0.25, 0.3) is 0 Å². The standard InChI is InChI=1S/C17H28N2O4/c1-11(2)8-13(17(22)19-14-9-23-10-15(14)20)18-16(21)12-6-4-3-5-7-12/h11-14H,3-10H2,1-2H3,(H,18,21)(H,19,22)/t13-,14?/m0/s1. The molecule has 0 radical (unpaired) electrons. The van der Waals surface area contributed by atoms with Crippen LogP contribution < -0.4 is 10.6 Å². The number of ketones is 1. The van der Waals surface area contributed by atoms with Crippen molar-refractivity contribution in [2.24, 2.45) is 11.8 Å². The van der Waals surface area contributed by atoms with Gasteiger partial charge in [-0.25, -0.2) is 0 Å². The number of amides is 2. The third-order valence-corrected chi connectivity index (χ3v) is 4.55. The van der Waals surface area contributed by atoms with Gasteiger partial charge in [-0.1, -0.05) is 33.1 Å². The zero-order valence-corrected chi connectivity index (χ0v) is 14.1. The van der Waals surface area contributed by atoms with E-state index in [4.69, 9.17) is 4.74 Å². The summed E-state index contributed by atoms with van der Waals surface area (Å²) in [5.74, 6) is -0.137. The highest BCUT2D eigenvalue weighted by Crippen LogP contribution is 2.24. The minimum atomic E-state index is -0.585. The molecule has 0 aromatic heterocycles. The van der Waals surface area contributed by atoms with Gasteiger partial charge in [-0.3, -0.25) is 14.4 Å². The summed E-state index contributed by atoms with van der Waals surface area (Å²) in [5, 5.41) is 5.62. The van der Waals surface area contributed by atoms with Gasteiger partial charge in [0.2, 0.25) is 11.8 Å². The third-order valence-electron chi connectivity index (χ3n) is 4.55. The number of carbonyl (C=O) groups excluding carboxylic acids is 3. The predicted octanol–water partition coefficient (Wildman–Crippen LogP) is 1.18. The smallest absolute Gasteiger partial charge is 0.243 e. The van der Waals surface area contributed by atoms with Crippen molar-refractivity contribution in [3.05, 3.63) is 0 Å². The summed E-state index contributed by atoms with van der Waals surface area (Å²) < 4.78 is 5.06. The van der Waals surface area contributed by atoms with Crippen LogP contribution in [0.4, 0.5) is 0 Å². The average Bonchev–Trinajstić information content (AvgIpc) is 2.92. The van der Waals surface area contributed by atoms with Crippen LogP contribution in [0, 0.1) is 11.8 Å². The summed E-state index contributed by atoms with van der Waals surface area (Å²) in [4.78, 5) is 36.5. The first-order chi connectivity index (χ1) is 11.0. The van der Waals surface area contributed by atoms with Crippen molar-refractivity contribution in [1.29, 1.82) is 0 Å². The second kappa shape index (κ2) is 8.43. The van der Waals surface area contributed by atoms with E-state index in [1.165, 1.54) is 6.42 Å².